The van der Waals surface area contributed by atoms with Gasteiger partial charge in [-0.1, -0.05) is 18.2 Å². The number of phenols is 1. The van der Waals surface area contributed by atoms with Crippen LogP contribution in [0.15, 0.2) is 36.4 Å². The number of phenolic OH excluding ortho intramolecular Hbond substituents is 1. The molecule has 0 fully saturated rings. The van der Waals surface area contributed by atoms with Gasteiger partial charge in [0.2, 0.25) is 0 Å². The highest BCUT2D eigenvalue weighted by Gasteiger charge is 2.14. The van der Waals surface area contributed by atoms with Crippen LogP contribution in [0, 0.1) is 12.7 Å². The summed E-state index contributed by atoms with van der Waals surface area (Å²) in [6.07, 6.45) is 0. The van der Waals surface area contributed by atoms with Gasteiger partial charge >= 0.3 is 5.97 Å². The highest BCUT2D eigenvalue weighted by Crippen LogP contribution is 2.30. The molecule has 4 heteroatoms. The molecule has 98 valence electrons. The first kappa shape index (κ1) is 13.1. The quantitative estimate of drug-likeness (QED) is 0.843. The standard InChI is InChI=1S/C15H13FO3/c1-9-3-5-11(14(17)7-9)10-4-6-12(13(16)8-10)15(18)19-2/h3-8,17H,1-2H3. The van der Waals surface area contributed by atoms with E-state index in [9.17, 15) is 14.3 Å². The van der Waals surface area contributed by atoms with Gasteiger partial charge in [-0.25, -0.2) is 9.18 Å². The van der Waals surface area contributed by atoms with Crippen molar-refractivity contribution < 1.29 is 19.0 Å². The fourth-order valence-corrected chi connectivity index (χ4v) is 1.84. The van der Waals surface area contributed by atoms with Crippen LogP contribution in [0.25, 0.3) is 11.1 Å². The first-order chi connectivity index (χ1) is 9.02. The van der Waals surface area contributed by atoms with Crippen LogP contribution >= 0.6 is 0 Å². The molecule has 0 atom stereocenters. The van der Waals surface area contributed by atoms with Crippen molar-refractivity contribution in [2.45, 2.75) is 6.92 Å². The van der Waals surface area contributed by atoms with Crippen LogP contribution in [0.5, 0.6) is 5.75 Å². The molecule has 19 heavy (non-hydrogen) atoms. The highest BCUT2D eigenvalue weighted by molar-refractivity contribution is 5.90. The van der Waals surface area contributed by atoms with E-state index < -0.39 is 11.8 Å². The summed E-state index contributed by atoms with van der Waals surface area (Å²) < 4.78 is 18.3. The molecule has 0 spiro atoms. The number of benzene rings is 2. The SMILES string of the molecule is COC(=O)c1ccc(-c2ccc(C)cc2O)cc1F. The lowest BCUT2D eigenvalue weighted by Crippen LogP contribution is -2.04. The third-order valence-electron chi connectivity index (χ3n) is 2.84. The summed E-state index contributed by atoms with van der Waals surface area (Å²) in [5.74, 6) is -1.33. The van der Waals surface area contributed by atoms with Crippen LogP contribution in [0.4, 0.5) is 4.39 Å². The number of rotatable bonds is 2. The van der Waals surface area contributed by atoms with Gasteiger partial charge in [-0.2, -0.15) is 0 Å². The molecule has 0 aliphatic carbocycles. The number of aryl methyl sites for hydroxylation is 1. The Hall–Kier alpha value is -2.36. The van der Waals surface area contributed by atoms with E-state index in [2.05, 4.69) is 4.74 Å². The summed E-state index contributed by atoms with van der Waals surface area (Å²) in [7, 11) is 1.20. The van der Waals surface area contributed by atoms with E-state index in [-0.39, 0.29) is 11.3 Å². The number of hydrogen-bond acceptors (Lipinski definition) is 3. The number of carbonyl (C=O) groups is 1. The van der Waals surface area contributed by atoms with Crippen molar-refractivity contribution in [1.82, 2.24) is 0 Å². The van der Waals surface area contributed by atoms with E-state index in [4.69, 9.17) is 0 Å². The monoisotopic (exact) mass is 260 g/mol. The smallest absolute Gasteiger partial charge is 0.340 e. The predicted octanol–water partition coefficient (Wildman–Crippen LogP) is 3.29. The molecule has 0 aliphatic heterocycles. The Morgan fingerprint density at radius 1 is 1.21 bits per heavy atom. The van der Waals surface area contributed by atoms with Gasteiger partial charge in [-0.3, -0.25) is 0 Å². The zero-order valence-electron chi connectivity index (χ0n) is 10.6. The van der Waals surface area contributed by atoms with Gasteiger partial charge in [-0.05, 0) is 36.2 Å². The van der Waals surface area contributed by atoms with E-state index in [1.54, 1.807) is 18.2 Å². The van der Waals surface area contributed by atoms with E-state index in [1.165, 1.54) is 19.2 Å². The summed E-state index contributed by atoms with van der Waals surface area (Å²) in [6.45, 7) is 1.85. The summed E-state index contributed by atoms with van der Waals surface area (Å²) in [5.41, 5.74) is 1.80. The Morgan fingerprint density at radius 2 is 1.95 bits per heavy atom. The number of carbonyl (C=O) groups excluding carboxylic acids is 1. The Balaban J connectivity index is 2.47. The molecular formula is C15H13FO3. The predicted molar refractivity (Wildman–Crippen MR) is 69.6 cm³/mol. The zero-order chi connectivity index (χ0) is 14.0. The summed E-state index contributed by atoms with van der Waals surface area (Å²) in [6, 6.07) is 9.24. The van der Waals surface area contributed by atoms with Crippen molar-refractivity contribution in [3.05, 3.63) is 53.3 Å². The normalized spacial score (nSPS) is 10.3. The number of ether oxygens (including phenoxy) is 1. The van der Waals surface area contributed by atoms with Crippen LogP contribution in [0.1, 0.15) is 15.9 Å². The van der Waals surface area contributed by atoms with Crippen molar-refractivity contribution in [1.29, 1.82) is 0 Å². The van der Waals surface area contributed by atoms with Gasteiger partial charge in [0.15, 0.2) is 0 Å². The number of aromatic hydroxyl groups is 1. The summed E-state index contributed by atoms with van der Waals surface area (Å²) in [4.78, 5) is 11.3. The molecule has 2 aromatic carbocycles. The summed E-state index contributed by atoms with van der Waals surface area (Å²) in [5, 5.41) is 9.85. The van der Waals surface area contributed by atoms with Crippen molar-refractivity contribution in [3.63, 3.8) is 0 Å². The van der Waals surface area contributed by atoms with Gasteiger partial charge in [0.05, 0.1) is 12.7 Å². The lowest BCUT2D eigenvalue weighted by Gasteiger charge is -2.07. The van der Waals surface area contributed by atoms with Gasteiger partial charge in [0, 0.05) is 5.56 Å². The molecule has 2 rings (SSSR count). The molecule has 2 aromatic rings. The Bertz CT molecular complexity index is 635. The van der Waals surface area contributed by atoms with Crippen LogP contribution in [0.2, 0.25) is 0 Å². The number of esters is 1. The third kappa shape index (κ3) is 2.57. The van der Waals surface area contributed by atoms with Crippen molar-refractivity contribution in [2.75, 3.05) is 7.11 Å². The minimum atomic E-state index is -0.725. The molecule has 0 unspecified atom stereocenters. The summed E-state index contributed by atoms with van der Waals surface area (Å²) >= 11 is 0. The van der Waals surface area contributed by atoms with Crippen molar-refractivity contribution >= 4 is 5.97 Å². The van der Waals surface area contributed by atoms with E-state index >= 15 is 0 Å². The molecule has 0 bridgehead atoms. The number of methoxy groups -OCH3 is 1. The molecule has 0 saturated carbocycles. The second-order valence-corrected chi connectivity index (χ2v) is 4.21. The van der Waals surface area contributed by atoms with Gasteiger partial charge in [-0.15, -0.1) is 0 Å². The maximum absolute atomic E-state index is 13.8. The van der Waals surface area contributed by atoms with Gasteiger partial charge < -0.3 is 9.84 Å². The molecule has 0 amide bonds. The number of halogens is 1. The molecule has 1 N–H and O–H groups in total. The van der Waals surface area contributed by atoms with E-state index in [0.29, 0.717) is 11.1 Å². The fraction of sp³-hybridized carbons (Fsp3) is 0.133. The molecule has 0 radical (unpaired) electrons. The third-order valence-corrected chi connectivity index (χ3v) is 2.84. The average Bonchev–Trinajstić information content (AvgIpc) is 2.37. The lowest BCUT2D eigenvalue weighted by atomic mass is 10.0. The topological polar surface area (TPSA) is 46.5 Å². The fourth-order valence-electron chi connectivity index (χ4n) is 1.84. The Kier molecular flexibility index (Phi) is 3.51. The van der Waals surface area contributed by atoms with E-state index in [1.807, 2.05) is 13.0 Å². The molecular weight excluding hydrogens is 247 g/mol. The van der Waals surface area contributed by atoms with E-state index in [0.717, 1.165) is 5.56 Å². The Labute approximate surface area is 110 Å². The average molecular weight is 260 g/mol. The molecule has 0 saturated heterocycles. The molecule has 0 aliphatic rings. The first-order valence-electron chi connectivity index (χ1n) is 5.71. The van der Waals surface area contributed by atoms with Crippen molar-refractivity contribution in [3.8, 4) is 16.9 Å². The van der Waals surface area contributed by atoms with Crippen LogP contribution in [0.3, 0.4) is 0 Å². The molecule has 0 aromatic heterocycles. The maximum Gasteiger partial charge on any atom is 0.340 e. The highest BCUT2D eigenvalue weighted by atomic mass is 19.1. The second-order valence-electron chi connectivity index (χ2n) is 4.21. The zero-order valence-corrected chi connectivity index (χ0v) is 10.6. The Morgan fingerprint density at radius 3 is 2.53 bits per heavy atom. The maximum atomic E-state index is 13.8. The molecule has 0 heterocycles. The largest absolute Gasteiger partial charge is 0.507 e. The van der Waals surface area contributed by atoms with Gasteiger partial charge in [0.25, 0.3) is 0 Å². The van der Waals surface area contributed by atoms with Crippen LogP contribution < -0.4 is 0 Å². The van der Waals surface area contributed by atoms with Crippen molar-refractivity contribution in [2.24, 2.45) is 0 Å². The van der Waals surface area contributed by atoms with Gasteiger partial charge in [0.1, 0.15) is 11.6 Å². The first-order valence-corrected chi connectivity index (χ1v) is 5.71. The second kappa shape index (κ2) is 5.10. The number of hydrogen-bond donors (Lipinski definition) is 1. The minimum absolute atomic E-state index is 0.0743. The van der Waals surface area contributed by atoms with Crippen LogP contribution in [-0.4, -0.2) is 18.2 Å². The lowest BCUT2D eigenvalue weighted by molar-refractivity contribution is 0.0595. The van der Waals surface area contributed by atoms with Crippen LogP contribution in [-0.2, 0) is 4.74 Å². The molecule has 3 nitrogen and oxygen atoms in total. The minimum Gasteiger partial charge on any atom is -0.507 e.